The van der Waals surface area contributed by atoms with Crippen LogP contribution in [-0.4, -0.2) is 42.9 Å². The number of nitrogens with one attached hydrogen (secondary N) is 2. The largest absolute Gasteiger partial charge is 0.322 e. The molecule has 2 N–H and O–H groups in total. The molecule has 8 heteroatoms. The highest BCUT2D eigenvalue weighted by Crippen LogP contribution is 2.22. The molecule has 0 saturated carbocycles. The molecule has 0 atom stereocenters. The first kappa shape index (κ1) is 17.3. The van der Waals surface area contributed by atoms with Crippen LogP contribution >= 0.6 is 0 Å². The quantitative estimate of drug-likeness (QED) is 0.696. The van der Waals surface area contributed by atoms with Gasteiger partial charge in [0.1, 0.15) is 12.7 Å². The van der Waals surface area contributed by atoms with E-state index in [1.165, 1.54) is 36.8 Å². The molecular weight excluding hydrogens is 342 g/mol. The third-order valence-corrected chi connectivity index (χ3v) is 4.93. The summed E-state index contributed by atoms with van der Waals surface area (Å²) in [6.45, 7) is 0.495. The van der Waals surface area contributed by atoms with Gasteiger partial charge in [0.2, 0.25) is 0 Å². The molecule has 0 saturated heterocycles. The van der Waals surface area contributed by atoms with Crippen LogP contribution in [0.5, 0.6) is 0 Å². The van der Waals surface area contributed by atoms with Gasteiger partial charge in [-0.25, -0.2) is 14.5 Å². The molecule has 2 heterocycles. The van der Waals surface area contributed by atoms with Gasteiger partial charge in [-0.3, -0.25) is 5.10 Å². The van der Waals surface area contributed by atoms with Gasteiger partial charge < -0.3 is 10.2 Å². The van der Waals surface area contributed by atoms with Crippen LogP contribution in [0, 0.1) is 0 Å². The van der Waals surface area contributed by atoms with Gasteiger partial charge in [0.15, 0.2) is 0 Å². The predicted molar refractivity (Wildman–Crippen MR) is 102 cm³/mol. The van der Waals surface area contributed by atoms with E-state index in [1.807, 2.05) is 24.3 Å². The number of anilines is 1. The molecule has 0 unspecified atom stereocenters. The Morgan fingerprint density at radius 3 is 2.81 bits per heavy atom. The first-order valence-corrected chi connectivity index (χ1v) is 9.23. The van der Waals surface area contributed by atoms with Gasteiger partial charge in [0.25, 0.3) is 0 Å². The van der Waals surface area contributed by atoms with Gasteiger partial charge in [-0.2, -0.15) is 10.2 Å². The number of benzene rings is 1. The Hall–Kier alpha value is -3.16. The lowest BCUT2D eigenvalue weighted by Crippen LogP contribution is -2.31. The SMILES string of the molecule is CN(Cc1n[nH]c2c1CCCCC2)C(=O)Nc1ccc(-n2cncn2)cc1. The third kappa shape index (κ3) is 3.84. The molecular formula is C19H23N7O. The topological polar surface area (TPSA) is 91.7 Å². The summed E-state index contributed by atoms with van der Waals surface area (Å²) in [6, 6.07) is 7.32. The fourth-order valence-electron chi connectivity index (χ4n) is 3.41. The molecule has 0 fully saturated rings. The monoisotopic (exact) mass is 365 g/mol. The van der Waals surface area contributed by atoms with Crippen molar-refractivity contribution in [3.63, 3.8) is 0 Å². The standard InChI is InChI=1S/C19H23N7O/c1-25(11-18-16-5-3-2-4-6-17(16)23-24-18)19(27)22-14-7-9-15(10-8-14)26-13-20-12-21-26/h7-10,12-13H,2-6,11H2,1H3,(H,22,27)(H,23,24). The van der Waals surface area contributed by atoms with Gasteiger partial charge in [-0.15, -0.1) is 0 Å². The highest BCUT2D eigenvalue weighted by Gasteiger charge is 2.18. The van der Waals surface area contributed by atoms with Gasteiger partial charge in [-0.05, 0) is 55.5 Å². The van der Waals surface area contributed by atoms with E-state index >= 15 is 0 Å². The van der Waals surface area contributed by atoms with E-state index in [1.54, 1.807) is 23.0 Å². The van der Waals surface area contributed by atoms with Crippen LogP contribution in [0.4, 0.5) is 10.5 Å². The zero-order valence-electron chi connectivity index (χ0n) is 15.4. The maximum Gasteiger partial charge on any atom is 0.321 e. The van der Waals surface area contributed by atoms with E-state index in [0.717, 1.165) is 29.9 Å². The lowest BCUT2D eigenvalue weighted by Gasteiger charge is -2.18. The molecule has 2 amide bonds. The molecule has 140 valence electrons. The Balaban J connectivity index is 1.39. The van der Waals surface area contributed by atoms with E-state index < -0.39 is 0 Å². The number of aryl methyl sites for hydroxylation is 1. The van der Waals surface area contributed by atoms with Crippen molar-refractivity contribution < 1.29 is 4.79 Å². The Kier molecular flexibility index (Phi) is 4.86. The summed E-state index contributed by atoms with van der Waals surface area (Å²) in [5, 5.41) is 14.6. The van der Waals surface area contributed by atoms with Crippen LogP contribution in [-0.2, 0) is 19.4 Å². The van der Waals surface area contributed by atoms with Gasteiger partial charge in [-0.1, -0.05) is 6.42 Å². The highest BCUT2D eigenvalue weighted by atomic mass is 16.2. The van der Waals surface area contributed by atoms with E-state index in [-0.39, 0.29) is 6.03 Å². The number of rotatable bonds is 4. The van der Waals surface area contributed by atoms with Crippen molar-refractivity contribution in [2.24, 2.45) is 0 Å². The number of hydrogen-bond donors (Lipinski definition) is 2. The second-order valence-electron chi connectivity index (χ2n) is 6.86. The maximum atomic E-state index is 12.5. The van der Waals surface area contributed by atoms with Crippen molar-refractivity contribution in [2.45, 2.75) is 38.6 Å². The number of nitrogens with zero attached hydrogens (tertiary/aromatic N) is 5. The normalized spacial score (nSPS) is 13.7. The van der Waals surface area contributed by atoms with Crippen LogP contribution in [0.3, 0.4) is 0 Å². The Bertz CT molecular complexity index is 899. The van der Waals surface area contributed by atoms with Gasteiger partial charge >= 0.3 is 6.03 Å². The molecule has 0 aliphatic heterocycles. The van der Waals surface area contributed by atoms with Crippen LogP contribution in [0.2, 0.25) is 0 Å². The molecule has 4 rings (SSSR count). The zero-order chi connectivity index (χ0) is 18.6. The fourth-order valence-corrected chi connectivity index (χ4v) is 3.41. The molecule has 2 aromatic heterocycles. The van der Waals surface area contributed by atoms with E-state index in [2.05, 4.69) is 25.6 Å². The number of amides is 2. The van der Waals surface area contributed by atoms with Crippen LogP contribution in [0.1, 0.15) is 36.2 Å². The number of aromatic amines is 1. The molecule has 1 aliphatic carbocycles. The fraction of sp³-hybridized carbons (Fsp3) is 0.368. The Morgan fingerprint density at radius 2 is 2.04 bits per heavy atom. The first-order valence-electron chi connectivity index (χ1n) is 9.23. The van der Waals surface area contributed by atoms with Crippen LogP contribution in [0.15, 0.2) is 36.9 Å². The minimum Gasteiger partial charge on any atom is -0.322 e. The number of aromatic nitrogens is 5. The summed E-state index contributed by atoms with van der Waals surface area (Å²) in [5.74, 6) is 0. The Labute approximate surface area is 157 Å². The van der Waals surface area contributed by atoms with Crippen molar-refractivity contribution in [2.75, 3.05) is 12.4 Å². The predicted octanol–water partition coefficient (Wildman–Crippen LogP) is 2.92. The highest BCUT2D eigenvalue weighted by molar-refractivity contribution is 5.89. The second-order valence-corrected chi connectivity index (χ2v) is 6.86. The number of carbonyl (C=O) groups excluding carboxylic acids is 1. The lowest BCUT2D eigenvalue weighted by molar-refractivity contribution is 0.220. The average molecular weight is 365 g/mol. The molecule has 27 heavy (non-hydrogen) atoms. The second kappa shape index (κ2) is 7.61. The van der Waals surface area contributed by atoms with Crippen molar-refractivity contribution >= 4 is 11.7 Å². The number of urea groups is 1. The maximum absolute atomic E-state index is 12.5. The summed E-state index contributed by atoms with van der Waals surface area (Å²) in [7, 11) is 1.79. The average Bonchev–Trinajstić information content (AvgIpc) is 3.28. The number of fused-ring (bicyclic) bond motifs is 1. The molecule has 0 radical (unpaired) electrons. The molecule has 0 spiro atoms. The van der Waals surface area contributed by atoms with Crippen LogP contribution < -0.4 is 5.32 Å². The molecule has 0 bridgehead atoms. The summed E-state index contributed by atoms with van der Waals surface area (Å²) >= 11 is 0. The smallest absolute Gasteiger partial charge is 0.321 e. The number of H-pyrrole nitrogens is 1. The summed E-state index contributed by atoms with van der Waals surface area (Å²) in [4.78, 5) is 18.1. The van der Waals surface area contributed by atoms with Gasteiger partial charge in [0, 0.05) is 18.4 Å². The van der Waals surface area contributed by atoms with Crippen molar-refractivity contribution in [3.8, 4) is 5.69 Å². The molecule has 1 aliphatic rings. The van der Waals surface area contributed by atoms with Crippen LogP contribution in [0.25, 0.3) is 5.69 Å². The number of hydrogen-bond acceptors (Lipinski definition) is 4. The Morgan fingerprint density at radius 1 is 1.22 bits per heavy atom. The van der Waals surface area contributed by atoms with E-state index in [9.17, 15) is 4.79 Å². The van der Waals surface area contributed by atoms with Crippen molar-refractivity contribution in [1.29, 1.82) is 0 Å². The van der Waals surface area contributed by atoms with E-state index in [0.29, 0.717) is 6.54 Å². The molecule has 8 nitrogen and oxygen atoms in total. The number of carbonyl (C=O) groups is 1. The zero-order valence-corrected chi connectivity index (χ0v) is 15.4. The minimum absolute atomic E-state index is 0.158. The summed E-state index contributed by atoms with van der Waals surface area (Å²) < 4.78 is 1.67. The molecule has 1 aromatic carbocycles. The van der Waals surface area contributed by atoms with Crippen molar-refractivity contribution in [1.82, 2.24) is 29.9 Å². The van der Waals surface area contributed by atoms with Gasteiger partial charge in [0.05, 0.1) is 17.9 Å². The minimum atomic E-state index is -0.158. The summed E-state index contributed by atoms with van der Waals surface area (Å²) in [6.07, 6.45) is 8.86. The third-order valence-electron chi connectivity index (χ3n) is 4.93. The van der Waals surface area contributed by atoms with E-state index in [4.69, 9.17) is 0 Å². The molecule has 3 aromatic rings. The lowest BCUT2D eigenvalue weighted by atomic mass is 10.1. The summed E-state index contributed by atoms with van der Waals surface area (Å²) in [5.41, 5.74) is 5.13. The van der Waals surface area contributed by atoms with Crippen molar-refractivity contribution in [3.05, 3.63) is 53.9 Å². The first-order chi connectivity index (χ1) is 13.2.